The highest BCUT2D eigenvalue weighted by Gasteiger charge is 2.34. The van der Waals surface area contributed by atoms with Crippen molar-refractivity contribution in [2.75, 3.05) is 5.32 Å². The zero-order valence-corrected chi connectivity index (χ0v) is 14.2. The first kappa shape index (κ1) is 15.7. The topological polar surface area (TPSA) is 59.1 Å². The smallest absolute Gasteiger partial charge is 0.226 e. The molecule has 0 saturated heterocycles. The van der Waals surface area contributed by atoms with Gasteiger partial charge in [0.2, 0.25) is 5.91 Å². The number of Topliss-reactive ketones (excluding diaryl/α,β-unsaturated/α-hetero) is 1. The van der Waals surface area contributed by atoms with E-state index in [0.29, 0.717) is 23.9 Å². The van der Waals surface area contributed by atoms with Gasteiger partial charge in [0, 0.05) is 12.8 Å². The quantitative estimate of drug-likeness (QED) is 0.907. The van der Waals surface area contributed by atoms with Gasteiger partial charge in [-0.15, -0.1) is 0 Å². The second-order valence-electron chi connectivity index (χ2n) is 7.49. The van der Waals surface area contributed by atoms with Crippen LogP contribution in [0.2, 0.25) is 0 Å². The van der Waals surface area contributed by atoms with Gasteiger partial charge in [0.05, 0.1) is 10.6 Å². The summed E-state index contributed by atoms with van der Waals surface area (Å²) in [5.41, 5.74) is 0.834. The van der Waals surface area contributed by atoms with Crippen LogP contribution in [-0.2, 0) is 11.2 Å². The summed E-state index contributed by atoms with van der Waals surface area (Å²) in [6.07, 6.45) is 8.07. The predicted octanol–water partition coefficient (Wildman–Crippen LogP) is 4.21. The molecule has 22 heavy (non-hydrogen) atoms. The third-order valence-electron chi connectivity index (χ3n) is 4.68. The lowest BCUT2D eigenvalue weighted by Crippen LogP contribution is -2.26. The fourth-order valence-electron chi connectivity index (χ4n) is 3.60. The van der Waals surface area contributed by atoms with Gasteiger partial charge in [-0.05, 0) is 30.6 Å². The molecule has 0 aromatic carbocycles. The fourth-order valence-corrected chi connectivity index (χ4v) is 4.53. The third-order valence-corrected chi connectivity index (χ3v) is 5.73. The van der Waals surface area contributed by atoms with Crippen LogP contribution in [0.3, 0.4) is 0 Å². The van der Waals surface area contributed by atoms with E-state index in [0.717, 1.165) is 29.8 Å². The molecule has 2 aliphatic rings. The zero-order valence-electron chi connectivity index (χ0n) is 13.4. The Morgan fingerprint density at radius 3 is 2.73 bits per heavy atom. The number of thiazole rings is 1. The molecule has 0 radical (unpaired) electrons. The lowest BCUT2D eigenvalue weighted by Gasteiger charge is -2.26. The molecule has 1 saturated carbocycles. The zero-order chi connectivity index (χ0) is 15.7. The lowest BCUT2D eigenvalue weighted by molar-refractivity contribution is -0.117. The van der Waals surface area contributed by atoms with Gasteiger partial charge in [0.25, 0.3) is 0 Å². The SMILES string of the molecule is CC1(C)CC(=O)c2sc(NC(=O)CC3CCCCC3)nc2C1. The van der Waals surface area contributed by atoms with Crippen LogP contribution in [0.25, 0.3) is 0 Å². The Balaban J connectivity index is 1.64. The van der Waals surface area contributed by atoms with E-state index in [-0.39, 0.29) is 17.1 Å². The molecule has 1 aromatic rings. The van der Waals surface area contributed by atoms with Crippen LogP contribution in [0.4, 0.5) is 5.13 Å². The number of aromatic nitrogens is 1. The van der Waals surface area contributed by atoms with Gasteiger partial charge in [-0.3, -0.25) is 9.59 Å². The number of hydrogen-bond acceptors (Lipinski definition) is 4. The van der Waals surface area contributed by atoms with Crippen LogP contribution >= 0.6 is 11.3 Å². The Kier molecular flexibility index (Phi) is 4.35. The average Bonchev–Trinajstić information content (AvgIpc) is 2.80. The van der Waals surface area contributed by atoms with E-state index in [2.05, 4.69) is 24.1 Å². The Morgan fingerprint density at radius 2 is 2.00 bits per heavy atom. The van der Waals surface area contributed by atoms with Gasteiger partial charge >= 0.3 is 0 Å². The Morgan fingerprint density at radius 1 is 1.27 bits per heavy atom. The minimum absolute atomic E-state index is 0.0263. The van der Waals surface area contributed by atoms with Crippen molar-refractivity contribution in [2.24, 2.45) is 11.3 Å². The molecule has 0 spiro atoms. The summed E-state index contributed by atoms with van der Waals surface area (Å²) in [5.74, 6) is 0.727. The molecule has 1 N–H and O–H groups in total. The highest BCUT2D eigenvalue weighted by molar-refractivity contribution is 7.17. The van der Waals surface area contributed by atoms with E-state index in [4.69, 9.17) is 0 Å². The largest absolute Gasteiger partial charge is 0.302 e. The second kappa shape index (κ2) is 6.11. The summed E-state index contributed by atoms with van der Waals surface area (Å²) in [6, 6.07) is 0. The highest BCUT2D eigenvalue weighted by Crippen LogP contribution is 2.38. The van der Waals surface area contributed by atoms with E-state index in [9.17, 15) is 9.59 Å². The van der Waals surface area contributed by atoms with Crippen molar-refractivity contribution < 1.29 is 9.59 Å². The number of amides is 1. The van der Waals surface area contributed by atoms with Crippen LogP contribution in [0, 0.1) is 11.3 Å². The number of carbonyl (C=O) groups excluding carboxylic acids is 2. The van der Waals surface area contributed by atoms with Gasteiger partial charge in [0.1, 0.15) is 0 Å². The molecule has 1 aromatic heterocycles. The normalized spacial score (nSPS) is 21.5. The molecule has 0 bridgehead atoms. The summed E-state index contributed by atoms with van der Waals surface area (Å²) >= 11 is 1.34. The van der Waals surface area contributed by atoms with Crippen molar-refractivity contribution in [3.63, 3.8) is 0 Å². The van der Waals surface area contributed by atoms with Gasteiger partial charge in [0.15, 0.2) is 10.9 Å². The summed E-state index contributed by atoms with van der Waals surface area (Å²) in [6.45, 7) is 4.18. The molecule has 1 heterocycles. The van der Waals surface area contributed by atoms with Crippen molar-refractivity contribution in [3.05, 3.63) is 10.6 Å². The summed E-state index contributed by atoms with van der Waals surface area (Å²) in [7, 11) is 0. The maximum atomic E-state index is 12.2. The van der Waals surface area contributed by atoms with Crippen molar-refractivity contribution in [2.45, 2.75) is 65.2 Å². The molecular weight excluding hydrogens is 296 g/mol. The highest BCUT2D eigenvalue weighted by atomic mass is 32.1. The molecule has 4 nitrogen and oxygen atoms in total. The molecule has 1 fully saturated rings. The van der Waals surface area contributed by atoms with Crippen LogP contribution in [0.1, 0.15) is 74.2 Å². The number of nitrogens with one attached hydrogen (secondary N) is 1. The average molecular weight is 320 g/mol. The first-order chi connectivity index (χ1) is 10.4. The second-order valence-corrected chi connectivity index (χ2v) is 8.49. The molecule has 0 aliphatic heterocycles. The number of nitrogens with zero attached hydrogens (tertiary/aromatic N) is 1. The molecule has 3 rings (SSSR count). The molecule has 120 valence electrons. The van der Waals surface area contributed by atoms with Crippen molar-refractivity contribution >= 4 is 28.2 Å². The Labute approximate surface area is 135 Å². The van der Waals surface area contributed by atoms with Crippen molar-refractivity contribution in [1.82, 2.24) is 4.98 Å². The first-order valence-corrected chi connectivity index (χ1v) is 9.07. The molecule has 2 aliphatic carbocycles. The van der Waals surface area contributed by atoms with E-state index < -0.39 is 0 Å². The van der Waals surface area contributed by atoms with Crippen LogP contribution in [0.15, 0.2) is 0 Å². The summed E-state index contributed by atoms with van der Waals surface area (Å²) in [5, 5.41) is 3.50. The van der Waals surface area contributed by atoms with Crippen LogP contribution < -0.4 is 5.32 Å². The number of anilines is 1. The first-order valence-electron chi connectivity index (χ1n) is 8.26. The lowest BCUT2D eigenvalue weighted by atomic mass is 9.78. The maximum absolute atomic E-state index is 12.2. The Bertz CT molecular complexity index is 585. The number of hydrogen-bond donors (Lipinski definition) is 1. The van der Waals surface area contributed by atoms with Crippen LogP contribution in [0.5, 0.6) is 0 Å². The van der Waals surface area contributed by atoms with Crippen LogP contribution in [-0.4, -0.2) is 16.7 Å². The number of rotatable bonds is 3. The monoisotopic (exact) mass is 320 g/mol. The predicted molar refractivity (Wildman–Crippen MR) is 88.4 cm³/mol. The van der Waals surface area contributed by atoms with E-state index in [1.54, 1.807) is 0 Å². The van der Waals surface area contributed by atoms with E-state index in [1.807, 2.05) is 0 Å². The molecule has 0 atom stereocenters. The minimum Gasteiger partial charge on any atom is -0.302 e. The number of ketones is 1. The standard InChI is InChI=1S/C17H24N2O2S/c1-17(2)9-12-15(13(20)10-17)22-16(18-12)19-14(21)8-11-6-4-3-5-7-11/h11H,3-10H2,1-2H3,(H,18,19,21). The number of fused-ring (bicyclic) bond motifs is 1. The van der Waals surface area contributed by atoms with Crippen molar-refractivity contribution in [3.8, 4) is 0 Å². The maximum Gasteiger partial charge on any atom is 0.226 e. The Hall–Kier alpha value is -1.23. The van der Waals surface area contributed by atoms with Gasteiger partial charge in [-0.2, -0.15) is 0 Å². The minimum atomic E-state index is -0.0263. The summed E-state index contributed by atoms with van der Waals surface area (Å²) < 4.78 is 0. The number of carbonyl (C=O) groups is 2. The summed E-state index contributed by atoms with van der Waals surface area (Å²) in [4.78, 5) is 29.6. The molecule has 0 unspecified atom stereocenters. The molecule has 5 heteroatoms. The molecule has 1 amide bonds. The third kappa shape index (κ3) is 3.57. The fraction of sp³-hybridized carbons (Fsp3) is 0.706. The molecular formula is C17H24N2O2S. The van der Waals surface area contributed by atoms with Gasteiger partial charge < -0.3 is 5.32 Å². The van der Waals surface area contributed by atoms with Gasteiger partial charge in [-0.25, -0.2) is 4.98 Å². The van der Waals surface area contributed by atoms with E-state index in [1.165, 1.54) is 30.6 Å². The van der Waals surface area contributed by atoms with Gasteiger partial charge in [-0.1, -0.05) is 44.4 Å². The van der Waals surface area contributed by atoms with Crippen molar-refractivity contribution in [1.29, 1.82) is 0 Å². The van der Waals surface area contributed by atoms with E-state index >= 15 is 0 Å².